The molecule has 0 radical (unpaired) electrons. The molecule has 1 aromatic carbocycles. The topological polar surface area (TPSA) is 83.0 Å². The second kappa shape index (κ2) is 6.86. The zero-order valence-corrected chi connectivity index (χ0v) is 15.5. The van der Waals surface area contributed by atoms with Gasteiger partial charge in [0.25, 0.3) is 0 Å². The molecule has 8 heteroatoms. The molecule has 7 nitrogen and oxygen atoms in total. The first-order chi connectivity index (χ1) is 12.5. The third-order valence-electron chi connectivity index (χ3n) is 4.85. The second-order valence-electron chi connectivity index (χ2n) is 7.02. The Balaban J connectivity index is 1.57. The summed E-state index contributed by atoms with van der Waals surface area (Å²) in [5, 5.41) is 5.63. The van der Waals surface area contributed by atoms with Crippen LogP contribution in [0.4, 0.5) is 0 Å². The number of fused-ring (bicyclic) bond motifs is 2. The molecule has 26 heavy (non-hydrogen) atoms. The van der Waals surface area contributed by atoms with Gasteiger partial charge in [-0.15, -0.1) is 0 Å². The zero-order valence-electron chi connectivity index (χ0n) is 14.7. The number of H-pyrrole nitrogens is 1. The molecule has 1 aliphatic rings. The van der Waals surface area contributed by atoms with Gasteiger partial charge in [-0.2, -0.15) is 5.10 Å². The van der Waals surface area contributed by atoms with E-state index in [1.165, 1.54) is 17.2 Å². The molecular weight excluding hydrogens is 350 g/mol. The number of benzene rings is 1. The number of aromatic amines is 1. The minimum Gasteiger partial charge on any atom is -0.361 e. The van der Waals surface area contributed by atoms with Crippen LogP contribution in [0.25, 0.3) is 10.9 Å². The van der Waals surface area contributed by atoms with Crippen LogP contribution in [-0.4, -0.2) is 47.4 Å². The summed E-state index contributed by atoms with van der Waals surface area (Å²) >= 11 is 0. The van der Waals surface area contributed by atoms with Crippen LogP contribution in [0.1, 0.15) is 11.3 Å². The average Bonchev–Trinajstić information content (AvgIpc) is 3.19. The van der Waals surface area contributed by atoms with E-state index in [1.807, 2.05) is 23.1 Å². The lowest BCUT2D eigenvalue weighted by atomic mass is 10.1. The van der Waals surface area contributed by atoms with Crippen molar-refractivity contribution < 1.29 is 8.42 Å². The van der Waals surface area contributed by atoms with Crippen LogP contribution in [0.5, 0.6) is 0 Å². The van der Waals surface area contributed by atoms with Crippen LogP contribution in [-0.2, 0) is 29.7 Å². The molecule has 2 aromatic heterocycles. The van der Waals surface area contributed by atoms with Crippen molar-refractivity contribution in [1.29, 1.82) is 0 Å². The minimum absolute atomic E-state index is 0.163. The van der Waals surface area contributed by atoms with E-state index in [1.54, 1.807) is 0 Å². The maximum absolute atomic E-state index is 11.5. The highest BCUT2D eigenvalue weighted by Gasteiger charge is 2.23. The van der Waals surface area contributed by atoms with Crippen LogP contribution in [0, 0.1) is 5.92 Å². The predicted octanol–water partition coefficient (Wildman–Crippen LogP) is 1.55. The largest absolute Gasteiger partial charge is 0.361 e. The molecule has 1 aliphatic heterocycles. The number of rotatable bonds is 5. The van der Waals surface area contributed by atoms with Crippen molar-refractivity contribution in [2.24, 2.45) is 5.92 Å². The van der Waals surface area contributed by atoms with Gasteiger partial charge in [-0.05, 0) is 23.8 Å². The van der Waals surface area contributed by atoms with Gasteiger partial charge >= 0.3 is 0 Å². The quantitative estimate of drug-likeness (QED) is 0.711. The maximum Gasteiger partial charge on any atom is 0.208 e. The lowest BCUT2D eigenvalue weighted by molar-refractivity contribution is 0.222. The molecule has 0 saturated heterocycles. The molecule has 0 spiro atoms. The summed E-state index contributed by atoms with van der Waals surface area (Å²) in [5.74, 6) is 0.163. The van der Waals surface area contributed by atoms with Gasteiger partial charge in [0.15, 0.2) is 0 Å². The lowest BCUT2D eigenvalue weighted by Crippen LogP contribution is -2.36. The highest BCUT2D eigenvalue weighted by atomic mass is 32.2. The minimum atomic E-state index is -3.20. The fourth-order valence-electron chi connectivity index (χ4n) is 3.67. The molecular formula is C18H23N5O2S. The van der Waals surface area contributed by atoms with Crippen molar-refractivity contribution in [2.45, 2.75) is 19.6 Å². The Bertz CT molecular complexity index is 1010. The van der Waals surface area contributed by atoms with Crippen molar-refractivity contribution in [2.75, 3.05) is 19.3 Å². The van der Waals surface area contributed by atoms with Gasteiger partial charge < -0.3 is 4.98 Å². The summed E-state index contributed by atoms with van der Waals surface area (Å²) in [4.78, 5) is 5.63. The van der Waals surface area contributed by atoms with Crippen molar-refractivity contribution in [1.82, 2.24) is 24.4 Å². The highest BCUT2D eigenvalue weighted by molar-refractivity contribution is 7.88. The maximum atomic E-state index is 11.5. The van der Waals surface area contributed by atoms with Gasteiger partial charge in [0.05, 0.1) is 11.9 Å². The van der Waals surface area contributed by atoms with Crippen molar-refractivity contribution in [3.8, 4) is 0 Å². The van der Waals surface area contributed by atoms with Crippen molar-refractivity contribution in [3.05, 3.63) is 54.0 Å². The van der Waals surface area contributed by atoms with Crippen molar-refractivity contribution >= 4 is 20.9 Å². The van der Waals surface area contributed by atoms with Crippen LogP contribution in [0.2, 0.25) is 0 Å². The molecule has 4 rings (SSSR count). The Morgan fingerprint density at radius 1 is 1.27 bits per heavy atom. The first-order valence-corrected chi connectivity index (χ1v) is 10.6. The lowest BCUT2D eigenvalue weighted by Gasteiger charge is -2.24. The summed E-state index contributed by atoms with van der Waals surface area (Å²) in [6.45, 7) is 3.57. The Kier molecular flexibility index (Phi) is 4.56. The predicted molar refractivity (Wildman–Crippen MR) is 101 cm³/mol. The van der Waals surface area contributed by atoms with E-state index in [9.17, 15) is 8.42 Å². The third-order valence-corrected chi connectivity index (χ3v) is 5.54. The molecule has 0 saturated carbocycles. The number of nitrogens with one attached hydrogen (secondary N) is 2. The molecule has 3 heterocycles. The van der Waals surface area contributed by atoms with Gasteiger partial charge in [0, 0.05) is 61.9 Å². The van der Waals surface area contributed by atoms with Crippen LogP contribution >= 0.6 is 0 Å². The SMILES string of the molecule is CS(=O)(=O)NCC1CN(Cc2cccc3[nH]ccc23)Cc2ccnn2C1. The fraction of sp³-hybridized carbons (Fsp3) is 0.389. The van der Waals surface area contributed by atoms with E-state index in [0.717, 1.165) is 37.4 Å². The zero-order chi connectivity index (χ0) is 18.1. The Morgan fingerprint density at radius 2 is 2.15 bits per heavy atom. The first kappa shape index (κ1) is 17.3. The molecule has 1 unspecified atom stereocenters. The number of nitrogens with zero attached hydrogens (tertiary/aromatic N) is 3. The third kappa shape index (κ3) is 3.82. The molecule has 1 atom stereocenters. The summed E-state index contributed by atoms with van der Waals surface area (Å²) in [7, 11) is -3.20. The number of sulfonamides is 1. The Hall–Kier alpha value is -2.16. The van der Waals surface area contributed by atoms with Crippen LogP contribution < -0.4 is 4.72 Å². The number of aromatic nitrogens is 3. The molecule has 0 aliphatic carbocycles. The average molecular weight is 373 g/mol. The van der Waals surface area contributed by atoms with Crippen LogP contribution in [0.3, 0.4) is 0 Å². The monoisotopic (exact) mass is 373 g/mol. The van der Waals surface area contributed by atoms with E-state index in [4.69, 9.17) is 0 Å². The normalized spacial score (nSPS) is 18.7. The van der Waals surface area contributed by atoms with Gasteiger partial charge in [0.2, 0.25) is 10.0 Å². The van der Waals surface area contributed by atoms with E-state index in [2.05, 4.69) is 44.0 Å². The van der Waals surface area contributed by atoms with E-state index in [0.29, 0.717) is 6.54 Å². The molecule has 0 amide bonds. The number of hydrogen-bond acceptors (Lipinski definition) is 4. The van der Waals surface area contributed by atoms with Crippen LogP contribution in [0.15, 0.2) is 42.7 Å². The molecule has 0 fully saturated rings. The Labute approximate surface area is 153 Å². The molecule has 3 aromatic rings. The van der Waals surface area contributed by atoms with Gasteiger partial charge in [-0.1, -0.05) is 12.1 Å². The van der Waals surface area contributed by atoms with E-state index in [-0.39, 0.29) is 5.92 Å². The Morgan fingerprint density at radius 3 is 3.00 bits per heavy atom. The summed E-state index contributed by atoms with van der Waals surface area (Å²) in [6, 6.07) is 10.4. The fourth-order valence-corrected chi connectivity index (χ4v) is 4.21. The number of hydrogen-bond donors (Lipinski definition) is 2. The summed E-state index contributed by atoms with van der Waals surface area (Å²) in [5.41, 5.74) is 3.57. The standard InChI is InChI=1S/C18H23N5O2S/c1-26(24,25)21-9-14-10-22(13-16-5-8-20-23(16)11-14)12-15-3-2-4-18-17(15)6-7-19-18/h2-8,14,19,21H,9-13H2,1H3. The molecule has 2 N–H and O–H groups in total. The van der Waals surface area contributed by atoms with Crippen molar-refractivity contribution in [3.63, 3.8) is 0 Å². The van der Waals surface area contributed by atoms with E-state index < -0.39 is 10.0 Å². The van der Waals surface area contributed by atoms with Gasteiger partial charge in [-0.25, -0.2) is 13.1 Å². The smallest absolute Gasteiger partial charge is 0.208 e. The van der Waals surface area contributed by atoms with Gasteiger partial charge in [-0.3, -0.25) is 9.58 Å². The van der Waals surface area contributed by atoms with E-state index >= 15 is 0 Å². The first-order valence-electron chi connectivity index (χ1n) is 8.70. The van der Waals surface area contributed by atoms with Gasteiger partial charge in [0.1, 0.15) is 0 Å². The molecule has 138 valence electrons. The summed E-state index contributed by atoms with van der Waals surface area (Å²) < 4.78 is 27.6. The molecule has 0 bridgehead atoms. The second-order valence-corrected chi connectivity index (χ2v) is 8.85. The highest BCUT2D eigenvalue weighted by Crippen LogP contribution is 2.22. The summed E-state index contributed by atoms with van der Waals surface area (Å²) in [6.07, 6.45) is 4.98.